The van der Waals surface area contributed by atoms with E-state index in [0.29, 0.717) is 6.54 Å². The second-order valence-corrected chi connectivity index (χ2v) is 5.66. The zero-order chi connectivity index (χ0) is 20.3. The van der Waals surface area contributed by atoms with Gasteiger partial charge in [0.15, 0.2) is 5.96 Å². The molecule has 0 amide bonds. The molecular weight excluding hydrogens is 362 g/mol. The molecule has 0 aromatic carbocycles. The van der Waals surface area contributed by atoms with Crippen LogP contribution < -0.4 is 11.1 Å². The van der Waals surface area contributed by atoms with Gasteiger partial charge in [0.2, 0.25) is 0 Å². The Balaban J connectivity index is 0. The summed E-state index contributed by atoms with van der Waals surface area (Å²) in [5.41, 5.74) is 3.89. The highest BCUT2D eigenvalue weighted by molar-refractivity contribution is 7.79. The zero-order valence-corrected chi connectivity index (χ0v) is 14.0. The molecule has 1 rings (SSSR count). The van der Waals surface area contributed by atoms with E-state index < -0.39 is 27.8 Å². The Labute approximate surface area is 143 Å². The maximum atomic E-state index is 10.8. The van der Waals surface area contributed by atoms with Crippen molar-refractivity contribution in [2.24, 2.45) is 11.1 Å². The number of hydrogen-bond donors (Lipinski definition) is 8. The third-order valence-corrected chi connectivity index (χ3v) is 2.51. The van der Waals surface area contributed by atoms with Gasteiger partial charge in [0.05, 0.1) is 12.0 Å². The molecule has 1 atom stereocenters. The summed E-state index contributed by atoms with van der Waals surface area (Å²) < 4.78 is 31.6. The highest BCUT2D eigenvalue weighted by Crippen LogP contribution is 2.31. The van der Waals surface area contributed by atoms with Crippen molar-refractivity contribution in [3.05, 3.63) is 23.8 Å². The lowest BCUT2D eigenvalue weighted by Gasteiger charge is -2.23. The number of aliphatic hydroxyl groups excluding tert-OH is 1. The normalized spacial score (nSPS) is 18.5. The molecule has 9 N–H and O–H groups in total. The van der Waals surface area contributed by atoms with Crippen molar-refractivity contribution in [2.75, 3.05) is 13.2 Å². The minimum Gasteiger partial charge on any atom is -0.481 e. The van der Waals surface area contributed by atoms with E-state index in [0.717, 1.165) is 0 Å². The van der Waals surface area contributed by atoms with Crippen LogP contribution in [0.15, 0.2) is 23.8 Å². The summed E-state index contributed by atoms with van der Waals surface area (Å²) in [5.74, 6) is -2.17. The Morgan fingerprint density at radius 2 is 1.84 bits per heavy atom. The summed E-state index contributed by atoms with van der Waals surface area (Å²) in [5, 5.41) is 34.5. The van der Waals surface area contributed by atoms with Gasteiger partial charge in [-0.1, -0.05) is 18.2 Å². The summed E-state index contributed by atoms with van der Waals surface area (Å²) in [6.45, 7) is 1.87. The molecular formula is C12H21N3O9S. The topological polar surface area (TPSA) is 231 Å². The van der Waals surface area contributed by atoms with Crippen molar-refractivity contribution >= 4 is 28.3 Å². The van der Waals surface area contributed by atoms with Gasteiger partial charge in [-0.25, -0.2) is 4.79 Å². The molecule has 144 valence electrons. The molecule has 0 aromatic heterocycles. The SMILES string of the molecule is CC1(C(=O)O)C=CC=C(C(=O)O)C1.N=C(N)NCCO.O=S(=O)(O)O. The van der Waals surface area contributed by atoms with Crippen LogP contribution in [0.3, 0.4) is 0 Å². The van der Waals surface area contributed by atoms with E-state index in [1.165, 1.54) is 25.2 Å². The number of nitrogens with two attached hydrogens (primary N) is 1. The second-order valence-electron chi connectivity index (χ2n) is 4.77. The molecule has 25 heavy (non-hydrogen) atoms. The number of hydrogen-bond acceptors (Lipinski definition) is 6. The average molecular weight is 383 g/mol. The lowest BCUT2D eigenvalue weighted by Crippen LogP contribution is -2.32. The fraction of sp³-hybridized carbons (Fsp3) is 0.417. The smallest absolute Gasteiger partial charge is 0.394 e. The Morgan fingerprint density at radius 1 is 1.36 bits per heavy atom. The first-order chi connectivity index (χ1) is 11.2. The minimum absolute atomic E-state index is 0.0135. The van der Waals surface area contributed by atoms with Crippen LogP contribution in [-0.2, 0) is 20.0 Å². The van der Waals surface area contributed by atoms with E-state index in [2.05, 4.69) is 5.32 Å². The summed E-state index contributed by atoms with van der Waals surface area (Å²) in [6.07, 6.45) is 4.43. The molecule has 12 nitrogen and oxygen atoms in total. The maximum Gasteiger partial charge on any atom is 0.394 e. The highest BCUT2D eigenvalue weighted by Gasteiger charge is 2.34. The summed E-state index contributed by atoms with van der Waals surface area (Å²) in [6, 6.07) is 0. The van der Waals surface area contributed by atoms with Crippen molar-refractivity contribution < 1.29 is 42.4 Å². The molecule has 0 heterocycles. The van der Waals surface area contributed by atoms with Crippen molar-refractivity contribution in [2.45, 2.75) is 13.3 Å². The van der Waals surface area contributed by atoms with E-state index in [1.54, 1.807) is 0 Å². The van der Waals surface area contributed by atoms with E-state index in [9.17, 15) is 9.59 Å². The molecule has 1 aliphatic rings. The average Bonchev–Trinajstić information content (AvgIpc) is 2.44. The zero-order valence-electron chi connectivity index (χ0n) is 13.2. The molecule has 13 heteroatoms. The van der Waals surface area contributed by atoms with Gasteiger partial charge in [-0.05, 0) is 13.3 Å². The molecule has 0 aliphatic heterocycles. The van der Waals surface area contributed by atoms with Gasteiger partial charge in [-0.2, -0.15) is 8.42 Å². The number of carbonyl (C=O) groups is 2. The maximum absolute atomic E-state index is 10.8. The molecule has 0 radical (unpaired) electrons. The highest BCUT2D eigenvalue weighted by atomic mass is 32.3. The monoisotopic (exact) mass is 383 g/mol. The summed E-state index contributed by atoms with van der Waals surface area (Å²) >= 11 is 0. The number of aliphatic hydroxyl groups is 1. The third-order valence-electron chi connectivity index (χ3n) is 2.51. The van der Waals surface area contributed by atoms with Gasteiger partial charge in [-0.3, -0.25) is 19.3 Å². The van der Waals surface area contributed by atoms with Gasteiger partial charge in [0.1, 0.15) is 0 Å². The second kappa shape index (κ2) is 11.1. The molecule has 1 unspecified atom stereocenters. The van der Waals surface area contributed by atoms with Gasteiger partial charge in [-0.15, -0.1) is 0 Å². The first kappa shape index (κ1) is 24.8. The molecule has 0 saturated heterocycles. The number of aliphatic carboxylic acids is 2. The Kier molecular flexibility index (Phi) is 11.0. The number of rotatable bonds is 4. The summed E-state index contributed by atoms with van der Waals surface area (Å²) in [4.78, 5) is 21.3. The van der Waals surface area contributed by atoms with E-state index >= 15 is 0 Å². The fourth-order valence-corrected chi connectivity index (χ4v) is 1.37. The van der Waals surface area contributed by atoms with Crippen molar-refractivity contribution in [1.82, 2.24) is 5.32 Å². The van der Waals surface area contributed by atoms with Crippen LogP contribution >= 0.6 is 0 Å². The number of carboxylic acids is 2. The van der Waals surface area contributed by atoms with Crippen LogP contribution in [0.5, 0.6) is 0 Å². The fourth-order valence-electron chi connectivity index (χ4n) is 1.37. The van der Waals surface area contributed by atoms with Crippen LogP contribution in [-0.4, -0.2) is 63.9 Å². The summed E-state index contributed by atoms with van der Waals surface area (Å²) in [7, 11) is -4.67. The first-order valence-corrected chi connectivity index (χ1v) is 7.86. The molecule has 0 bridgehead atoms. The van der Waals surface area contributed by atoms with E-state index in [-0.39, 0.29) is 24.6 Å². The van der Waals surface area contributed by atoms with E-state index in [1.807, 2.05) is 0 Å². The lowest BCUT2D eigenvalue weighted by molar-refractivity contribution is -0.145. The minimum atomic E-state index is -4.67. The van der Waals surface area contributed by atoms with Gasteiger partial charge < -0.3 is 26.4 Å². The van der Waals surface area contributed by atoms with Crippen LogP contribution in [0.2, 0.25) is 0 Å². The van der Waals surface area contributed by atoms with Crippen LogP contribution in [0.25, 0.3) is 0 Å². The molecule has 0 spiro atoms. The van der Waals surface area contributed by atoms with Gasteiger partial charge in [0, 0.05) is 12.1 Å². The molecule has 1 aliphatic carbocycles. The molecule has 0 fully saturated rings. The number of nitrogens with one attached hydrogen (secondary N) is 2. The van der Waals surface area contributed by atoms with Crippen molar-refractivity contribution in [3.8, 4) is 0 Å². The third kappa shape index (κ3) is 14.8. The van der Waals surface area contributed by atoms with Crippen LogP contribution in [0, 0.1) is 10.8 Å². The Hall–Kier alpha value is -2.48. The van der Waals surface area contributed by atoms with E-state index in [4.69, 9.17) is 44.0 Å². The molecule has 0 saturated carbocycles. The van der Waals surface area contributed by atoms with Crippen LogP contribution in [0.1, 0.15) is 13.3 Å². The van der Waals surface area contributed by atoms with Crippen LogP contribution in [0.4, 0.5) is 0 Å². The molecule has 0 aromatic rings. The van der Waals surface area contributed by atoms with Gasteiger partial charge >= 0.3 is 22.3 Å². The van der Waals surface area contributed by atoms with Crippen molar-refractivity contribution in [3.63, 3.8) is 0 Å². The standard InChI is InChI=1S/C9H10O4.C3H9N3O.H2O4S/c1-9(8(12)13)4-2-3-6(5-9)7(10)11;4-3(5)6-1-2-7;1-5(2,3)4/h2-4H,5H2,1H3,(H,10,11)(H,12,13);7H,1-2H2,(H4,4,5,6);(H2,1,2,3,4). The first-order valence-electron chi connectivity index (χ1n) is 6.46. The Morgan fingerprint density at radius 3 is 2.12 bits per heavy atom. The lowest BCUT2D eigenvalue weighted by atomic mass is 9.80. The number of allylic oxidation sites excluding steroid dienone is 2. The predicted molar refractivity (Wildman–Crippen MR) is 86.4 cm³/mol. The largest absolute Gasteiger partial charge is 0.481 e. The Bertz CT molecular complexity index is 634. The predicted octanol–water partition coefficient (Wildman–Crippen LogP) is -1.14. The number of carboxylic acid groups (broad SMARTS) is 2. The van der Waals surface area contributed by atoms with Crippen molar-refractivity contribution in [1.29, 1.82) is 5.41 Å². The number of guanidine groups is 1. The quantitative estimate of drug-likeness (QED) is 0.164. The van der Waals surface area contributed by atoms with Gasteiger partial charge in [0.25, 0.3) is 0 Å².